The number of aryl methyl sites for hydroxylation is 1. The second-order valence-corrected chi connectivity index (χ2v) is 6.75. The minimum absolute atomic E-state index is 1.04. The van der Waals surface area contributed by atoms with Crippen molar-refractivity contribution in [3.63, 3.8) is 0 Å². The summed E-state index contributed by atoms with van der Waals surface area (Å²) in [6.45, 7) is 2.26. The molecule has 1 aromatic heterocycles. The molecule has 0 amide bonds. The maximum Gasteiger partial charge on any atom is 0.0482 e. The van der Waals surface area contributed by atoms with Crippen LogP contribution in [0.15, 0.2) is 48.5 Å². The summed E-state index contributed by atoms with van der Waals surface area (Å²) in [6.07, 6.45) is 3.32. The second-order valence-electron chi connectivity index (χ2n) is 6.75. The molecule has 0 saturated heterocycles. The van der Waals surface area contributed by atoms with E-state index in [-0.39, 0.29) is 0 Å². The van der Waals surface area contributed by atoms with Gasteiger partial charge in [-0.3, -0.25) is 0 Å². The number of aromatic nitrogens is 1. The third-order valence-corrected chi connectivity index (χ3v) is 5.33. The zero-order valence-corrected chi connectivity index (χ0v) is 14.0. The van der Waals surface area contributed by atoms with Crippen molar-refractivity contribution in [3.05, 3.63) is 70.9 Å². The fourth-order valence-corrected chi connectivity index (χ4v) is 3.91. The maximum absolute atomic E-state index is 2.47. The number of rotatable bonds is 0. The molecule has 118 valence electrons. The Hall–Kier alpha value is -2.06. The summed E-state index contributed by atoms with van der Waals surface area (Å²) >= 11 is 0. The molecule has 0 atom stereocenters. The van der Waals surface area contributed by atoms with Crippen molar-refractivity contribution in [3.8, 4) is 0 Å². The average molecular weight is 304 g/mol. The smallest absolute Gasteiger partial charge is 0.0482 e. The van der Waals surface area contributed by atoms with Gasteiger partial charge in [-0.05, 0) is 42.6 Å². The first-order valence-electron chi connectivity index (χ1n) is 8.54. The first-order chi connectivity index (χ1) is 11.2. The summed E-state index contributed by atoms with van der Waals surface area (Å²) in [5, 5.41) is 1.43. The summed E-state index contributed by atoms with van der Waals surface area (Å²) < 4.78 is 2.41. The summed E-state index contributed by atoms with van der Waals surface area (Å²) in [6, 6.07) is 17.8. The molecule has 0 saturated carbocycles. The fourth-order valence-electron chi connectivity index (χ4n) is 3.91. The fraction of sp³-hybridized carbons (Fsp3) is 0.333. The van der Waals surface area contributed by atoms with E-state index >= 15 is 0 Å². The Morgan fingerprint density at radius 2 is 1.48 bits per heavy atom. The van der Waals surface area contributed by atoms with Crippen LogP contribution in [0.3, 0.4) is 0 Å². The van der Waals surface area contributed by atoms with Gasteiger partial charge in [0, 0.05) is 43.2 Å². The summed E-state index contributed by atoms with van der Waals surface area (Å²) in [5.41, 5.74) is 7.35. The number of fused-ring (bicyclic) bond motifs is 4. The van der Waals surface area contributed by atoms with E-state index in [0.717, 1.165) is 32.4 Å². The summed E-state index contributed by atoms with van der Waals surface area (Å²) in [5.74, 6) is 0. The van der Waals surface area contributed by atoms with E-state index in [0.29, 0.717) is 0 Å². The molecular weight excluding hydrogens is 280 g/mol. The lowest BCUT2D eigenvalue weighted by molar-refractivity contribution is 0.342. The number of para-hydroxylation sites is 1. The van der Waals surface area contributed by atoms with Gasteiger partial charge < -0.3 is 9.47 Å². The lowest BCUT2D eigenvalue weighted by Crippen LogP contribution is -2.25. The van der Waals surface area contributed by atoms with E-state index in [2.05, 4.69) is 72.1 Å². The van der Waals surface area contributed by atoms with E-state index in [1.165, 1.54) is 33.3 Å². The van der Waals surface area contributed by atoms with Crippen LogP contribution in [-0.4, -0.2) is 29.6 Å². The number of nitrogens with zero attached hydrogens (tertiary/aromatic N) is 2. The highest BCUT2D eigenvalue weighted by Gasteiger charge is 2.18. The highest BCUT2D eigenvalue weighted by atomic mass is 15.1. The van der Waals surface area contributed by atoms with Crippen LogP contribution < -0.4 is 0 Å². The van der Waals surface area contributed by atoms with Gasteiger partial charge in [-0.25, -0.2) is 0 Å². The Labute approximate surface area is 138 Å². The molecule has 1 aliphatic rings. The number of hydrogen-bond acceptors (Lipinski definition) is 1. The topological polar surface area (TPSA) is 8.17 Å². The highest BCUT2D eigenvalue weighted by Crippen LogP contribution is 2.29. The third kappa shape index (κ3) is 2.57. The average Bonchev–Trinajstić information content (AvgIpc) is 2.85. The predicted molar refractivity (Wildman–Crippen MR) is 97.1 cm³/mol. The van der Waals surface area contributed by atoms with Crippen molar-refractivity contribution in [2.24, 2.45) is 7.05 Å². The largest absolute Gasteiger partial charge is 0.347 e. The van der Waals surface area contributed by atoms with Crippen molar-refractivity contribution in [2.45, 2.75) is 19.3 Å². The van der Waals surface area contributed by atoms with Gasteiger partial charge in [-0.1, -0.05) is 42.5 Å². The molecular formula is C21H24N2. The second kappa shape index (κ2) is 5.86. The Morgan fingerprint density at radius 3 is 2.35 bits per heavy atom. The van der Waals surface area contributed by atoms with Gasteiger partial charge in [0.05, 0.1) is 0 Å². The van der Waals surface area contributed by atoms with Gasteiger partial charge in [0.25, 0.3) is 0 Å². The zero-order chi connectivity index (χ0) is 15.8. The zero-order valence-electron chi connectivity index (χ0n) is 14.0. The molecule has 3 aromatic rings. The Kier molecular flexibility index (Phi) is 3.70. The summed E-state index contributed by atoms with van der Waals surface area (Å²) in [4.78, 5) is 2.47. The van der Waals surface area contributed by atoms with E-state index in [9.17, 15) is 0 Å². The highest BCUT2D eigenvalue weighted by molar-refractivity contribution is 5.85. The van der Waals surface area contributed by atoms with Crippen LogP contribution in [0.4, 0.5) is 0 Å². The van der Waals surface area contributed by atoms with Crippen LogP contribution in [-0.2, 0) is 26.3 Å². The molecule has 0 aliphatic carbocycles. The number of likely N-dealkylation sites (N-methyl/N-ethyl adjacent to an activating group) is 1. The molecule has 0 bridgehead atoms. The Bertz CT molecular complexity index is 844. The van der Waals surface area contributed by atoms with Crippen LogP contribution >= 0.6 is 0 Å². The van der Waals surface area contributed by atoms with Crippen LogP contribution in [0.25, 0.3) is 10.9 Å². The van der Waals surface area contributed by atoms with E-state index in [1.54, 1.807) is 0 Å². The third-order valence-electron chi connectivity index (χ3n) is 5.33. The molecule has 2 heteroatoms. The van der Waals surface area contributed by atoms with Gasteiger partial charge in [-0.15, -0.1) is 0 Å². The van der Waals surface area contributed by atoms with Crippen LogP contribution in [0.2, 0.25) is 0 Å². The van der Waals surface area contributed by atoms with Crippen molar-refractivity contribution < 1.29 is 0 Å². The molecule has 1 aliphatic heterocycles. The minimum Gasteiger partial charge on any atom is -0.347 e. The van der Waals surface area contributed by atoms with Gasteiger partial charge in [0.1, 0.15) is 0 Å². The lowest BCUT2D eigenvalue weighted by Gasteiger charge is -2.21. The maximum atomic E-state index is 2.47. The van der Waals surface area contributed by atoms with Crippen molar-refractivity contribution in [2.75, 3.05) is 20.1 Å². The quantitative estimate of drug-likeness (QED) is 0.613. The lowest BCUT2D eigenvalue weighted by atomic mass is 9.96. The molecule has 2 nitrogen and oxygen atoms in total. The number of benzene rings is 2. The molecule has 0 radical (unpaired) electrons. The standard InChI is InChI=1S/C21H24N2/c1-22-13-11-16-7-3-4-8-17(16)15-21-19(12-14-22)18-9-5-6-10-20(18)23(21)2/h3-10H,11-15H2,1-2H3. The van der Waals surface area contributed by atoms with Crippen molar-refractivity contribution in [1.29, 1.82) is 0 Å². The minimum atomic E-state index is 1.04. The first kappa shape index (κ1) is 14.5. The molecule has 0 N–H and O–H groups in total. The molecule has 2 aromatic carbocycles. The molecule has 4 rings (SSSR count). The molecule has 2 heterocycles. The predicted octanol–water partition coefficient (Wildman–Crippen LogP) is 3.80. The number of hydrogen-bond donors (Lipinski definition) is 0. The SMILES string of the molecule is CN1CCc2ccccc2Cc2c(c3ccccc3n2C)CC1. The van der Waals surface area contributed by atoms with Crippen LogP contribution in [0.1, 0.15) is 22.4 Å². The molecule has 0 spiro atoms. The summed E-state index contributed by atoms with van der Waals surface area (Å²) in [7, 11) is 4.47. The Balaban J connectivity index is 1.91. The van der Waals surface area contributed by atoms with E-state index in [1.807, 2.05) is 0 Å². The van der Waals surface area contributed by atoms with E-state index < -0.39 is 0 Å². The van der Waals surface area contributed by atoms with Gasteiger partial charge in [0.15, 0.2) is 0 Å². The van der Waals surface area contributed by atoms with Gasteiger partial charge in [-0.2, -0.15) is 0 Å². The van der Waals surface area contributed by atoms with Crippen molar-refractivity contribution >= 4 is 10.9 Å². The first-order valence-corrected chi connectivity index (χ1v) is 8.54. The molecule has 23 heavy (non-hydrogen) atoms. The monoisotopic (exact) mass is 304 g/mol. The molecule has 0 fully saturated rings. The molecule has 0 unspecified atom stereocenters. The normalized spacial score (nSPS) is 16.1. The van der Waals surface area contributed by atoms with E-state index in [4.69, 9.17) is 0 Å². The Morgan fingerprint density at radius 1 is 0.783 bits per heavy atom. The van der Waals surface area contributed by atoms with Crippen LogP contribution in [0.5, 0.6) is 0 Å². The van der Waals surface area contributed by atoms with Crippen molar-refractivity contribution in [1.82, 2.24) is 9.47 Å². The van der Waals surface area contributed by atoms with Crippen LogP contribution in [0, 0.1) is 0 Å². The van der Waals surface area contributed by atoms with Gasteiger partial charge in [0.2, 0.25) is 0 Å². The van der Waals surface area contributed by atoms with Gasteiger partial charge >= 0.3 is 0 Å².